The minimum absolute atomic E-state index is 0. The molecule has 3 unspecified atom stereocenters. The molecule has 0 spiro atoms. The van der Waals surface area contributed by atoms with Crippen LogP contribution in [0.25, 0.3) is 0 Å². The van der Waals surface area contributed by atoms with Crippen LogP contribution in [0, 0.1) is 0 Å². The zero-order valence-electron chi connectivity index (χ0n) is 41.8. The fourth-order valence-corrected chi connectivity index (χ4v) is 11.0. The van der Waals surface area contributed by atoms with Crippen molar-refractivity contribution in [1.82, 2.24) is 9.55 Å². The molecule has 0 aromatic carbocycles. The van der Waals surface area contributed by atoms with Crippen LogP contribution in [0.2, 0.25) is 0 Å². The molecule has 0 saturated carbocycles. The number of aliphatic hydroxyl groups is 2. The van der Waals surface area contributed by atoms with E-state index in [4.69, 9.17) is 24.3 Å². The molecule has 0 bridgehead atoms. The second-order valence-electron chi connectivity index (χ2n) is 17.7. The van der Waals surface area contributed by atoms with Crippen molar-refractivity contribution >= 4 is 39.2 Å². The number of thioether (sulfide) groups is 1. The van der Waals surface area contributed by atoms with Crippen molar-refractivity contribution in [2.24, 2.45) is 0 Å². The van der Waals surface area contributed by atoms with Crippen LogP contribution < -0.4 is 70.5 Å². The summed E-state index contributed by atoms with van der Waals surface area (Å²) in [6, 6.07) is 1.27. The number of carbonyl (C=O) groups excluding carboxylic acids is 1. The van der Waals surface area contributed by atoms with E-state index in [1.807, 2.05) is 0 Å². The molecule has 0 amide bonds. The summed E-state index contributed by atoms with van der Waals surface area (Å²) in [5.41, 5.74) is 4.63. The first-order valence-electron chi connectivity index (χ1n) is 25.1. The molecule has 16 nitrogen and oxygen atoms in total. The largest absolute Gasteiger partial charge is 1.00 e. The Hall–Kier alpha value is 0.640. The van der Waals surface area contributed by atoms with Gasteiger partial charge in [0.15, 0.2) is 6.23 Å². The first-order valence-corrected chi connectivity index (χ1v) is 29.2. The third kappa shape index (κ3) is 33.9. The monoisotopic (exact) mass is 1030 g/mol. The number of phosphoric acid groups is 2. The van der Waals surface area contributed by atoms with Gasteiger partial charge in [-0.2, -0.15) is 21.1 Å². The maximum atomic E-state index is 12.9. The molecule has 1 aliphatic rings. The SMILES string of the molecule is CCCCCCCCCCCCCCCCCCSCC(COP(=O)(O)OP(=O)(O)OC[C@H]1O[C@@H](n2ccc(N)nc2=O)[C@@H](O)[C@@H]1O)OC(=O)CCCCCCCCCCCCCCC.[Na+].[Na+]. The number of esters is 1. The molecule has 1 fully saturated rings. The molecule has 7 atom stereocenters. The molecule has 6 N–H and O–H groups in total. The number of carbonyl (C=O) groups is 1. The Morgan fingerprint density at radius 3 is 1.61 bits per heavy atom. The number of phosphoric ester groups is 2. The zero-order chi connectivity index (χ0) is 47.6. The summed E-state index contributed by atoms with van der Waals surface area (Å²) in [7, 11) is -10.6. The number of hydrogen-bond donors (Lipinski definition) is 5. The molecule has 1 aromatic rings. The summed E-state index contributed by atoms with van der Waals surface area (Å²) >= 11 is 1.54. The number of aliphatic hydroxyl groups excluding tert-OH is 2. The molecule has 2 rings (SSSR count). The Labute approximate surface area is 451 Å². The van der Waals surface area contributed by atoms with E-state index >= 15 is 0 Å². The van der Waals surface area contributed by atoms with Crippen LogP contribution in [-0.4, -0.2) is 84.7 Å². The molecular formula is C46H87N3Na2O13P2S+2. The predicted octanol–water partition coefficient (Wildman–Crippen LogP) is 5.09. The van der Waals surface area contributed by atoms with Gasteiger partial charge in [0.05, 0.1) is 13.2 Å². The normalized spacial score (nSPS) is 19.3. The fourth-order valence-electron chi connectivity index (χ4n) is 7.85. The molecule has 1 aromatic heterocycles. The summed E-state index contributed by atoms with van der Waals surface area (Å²) in [5.74, 6) is 0.546. The Bertz CT molecular complexity index is 1540. The molecule has 0 aliphatic carbocycles. The van der Waals surface area contributed by atoms with Gasteiger partial charge in [0.2, 0.25) is 0 Å². The average Bonchev–Trinajstić information content (AvgIpc) is 3.54. The Balaban J connectivity index is 0.0000218. The van der Waals surface area contributed by atoms with Crippen molar-refractivity contribution in [3.63, 3.8) is 0 Å². The van der Waals surface area contributed by atoms with Crippen molar-refractivity contribution in [3.05, 3.63) is 22.7 Å². The van der Waals surface area contributed by atoms with E-state index in [0.29, 0.717) is 6.42 Å². The second kappa shape index (κ2) is 42.0. The number of nitrogens with zero attached hydrogens (tertiary/aromatic N) is 2. The average molecular weight is 1030 g/mol. The fraction of sp³-hybridized carbons (Fsp3) is 0.891. The molecular weight excluding hydrogens is 943 g/mol. The smallest absolute Gasteiger partial charge is 0.459 e. The maximum Gasteiger partial charge on any atom is 1.00 e. The third-order valence-corrected chi connectivity index (χ3v) is 15.5. The summed E-state index contributed by atoms with van der Waals surface area (Å²) in [6.45, 7) is 3.03. The van der Waals surface area contributed by atoms with E-state index in [-0.39, 0.29) is 77.1 Å². The van der Waals surface area contributed by atoms with Gasteiger partial charge in [-0.3, -0.25) is 18.4 Å². The molecule has 21 heteroatoms. The molecule has 1 saturated heterocycles. The molecule has 1 aliphatic heterocycles. The number of nitrogen functional groups attached to an aromatic ring is 1. The standard InChI is InChI=1S/C46H87N3O13P2S.2Na/c1-3-5-7-9-11-13-15-17-18-19-21-23-25-27-29-31-35-65-38-39(60-42(50)32-30-28-26-24-22-20-16-14-12-10-8-6-4-2)36-58-63(54,55)62-64(56,57)59-37-40-43(51)44(52)45(61-40)49-34-33-41(47)48-46(49)53;;/h33-34,39-40,43-45,51-52H,3-32,35-38H2,1-2H3,(H,54,55)(H,56,57)(H2,47,48,53);;/q;2*+1/t39?,40-,43-,44+,45-;;/m1../s1. The van der Waals surface area contributed by atoms with Crippen molar-refractivity contribution in [2.45, 2.75) is 237 Å². The van der Waals surface area contributed by atoms with E-state index in [9.17, 15) is 38.7 Å². The van der Waals surface area contributed by atoms with Crippen LogP contribution in [0.3, 0.4) is 0 Å². The van der Waals surface area contributed by atoms with Gasteiger partial charge in [0.25, 0.3) is 0 Å². The van der Waals surface area contributed by atoms with Gasteiger partial charge < -0.3 is 35.2 Å². The topological polar surface area (TPSA) is 239 Å². The summed E-state index contributed by atoms with van der Waals surface area (Å²) in [6.07, 6.45) is 29.9. The van der Waals surface area contributed by atoms with Crippen LogP contribution in [-0.2, 0) is 36.8 Å². The van der Waals surface area contributed by atoms with Crippen LogP contribution in [0.4, 0.5) is 5.82 Å². The molecule has 67 heavy (non-hydrogen) atoms. The van der Waals surface area contributed by atoms with E-state index < -0.39 is 71.2 Å². The minimum atomic E-state index is -5.32. The van der Waals surface area contributed by atoms with E-state index in [2.05, 4.69) is 23.1 Å². The molecule has 380 valence electrons. The molecule has 0 radical (unpaired) electrons. The Morgan fingerprint density at radius 2 is 1.15 bits per heavy atom. The predicted molar refractivity (Wildman–Crippen MR) is 259 cm³/mol. The zero-order valence-corrected chi connectivity index (χ0v) is 48.4. The van der Waals surface area contributed by atoms with Gasteiger partial charge in [-0.25, -0.2) is 13.9 Å². The van der Waals surface area contributed by atoms with Gasteiger partial charge in [-0.05, 0) is 24.7 Å². The van der Waals surface area contributed by atoms with E-state index in [0.717, 1.165) is 48.8 Å². The number of unbranched alkanes of at least 4 members (excludes halogenated alkanes) is 27. The third-order valence-electron chi connectivity index (χ3n) is 11.7. The first kappa shape index (κ1) is 67.6. The quantitative estimate of drug-likeness (QED) is 0.0248. The number of nitrogens with two attached hydrogens (primary N) is 1. The van der Waals surface area contributed by atoms with E-state index in [1.54, 1.807) is 0 Å². The Kier molecular flexibility index (Phi) is 42.4. The number of hydrogen-bond acceptors (Lipinski definition) is 14. The number of aromatic nitrogens is 2. The van der Waals surface area contributed by atoms with Crippen LogP contribution in [0.1, 0.15) is 213 Å². The Morgan fingerprint density at radius 1 is 0.716 bits per heavy atom. The summed E-state index contributed by atoms with van der Waals surface area (Å²) < 4.78 is 52.0. The second-order valence-corrected chi connectivity index (χ2v) is 21.9. The van der Waals surface area contributed by atoms with Crippen LogP contribution in [0.5, 0.6) is 0 Å². The van der Waals surface area contributed by atoms with Crippen molar-refractivity contribution in [1.29, 1.82) is 0 Å². The van der Waals surface area contributed by atoms with Gasteiger partial charge >= 0.3 is 86.4 Å². The molecule has 2 heterocycles. The van der Waals surface area contributed by atoms with Gasteiger partial charge in [0, 0.05) is 18.4 Å². The van der Waals surface area contributed by atoms with Crippen molar-refractivity contribution < 1.29 is 116 Å². The summed E-state index contributed by atoms with van der Waals surface area (Å²) in [5, 5.41) is 20.9. The number of rotatable bonds is 43. The van der Waals surface area contributed by atoms with Crippen molar-refractivity contribution in [2.75, 3.05) is 30.5 Å². The van der Waals surface area contributed by atoms with Crippen LogP contribution in [0.15, 0.2) is 17.1 Å². The number of ether oxygens (including phenoxy) is 2. The van der Waals surface area contributed by atoms with E-state index in [1.165, 1.54) is 165 Å². The summed E-state index contributed by atoms with van der Waals surface area (Å²) in [4.78, 5) is 49.3. The first-order chi connectivity index (χ1) is 31.3. The van der Waals surface area contributed by atoms with Gasteiger partial charge in [-0.1, -0.05) is 187 Å². The number of anilines is 1. The van der Waals surface area contributed by atoms with Gasteiger partial charge in [0.1, 0.15) is 30.2 Å². The van der Waals surface area contributed by atoms with Crippen molar-refractivity contribution in [3.8, 4) is 0 Å². The maximum absolute atomic E-state index is 12.9. The van der Waals surface area contributed by atoms with Gasteiger partial charge in [-0.15, -0.1) is 0 Å². The minimum Gasteiger partial charge on any atom is -0.459 e. The van der Waals surface area contributed by atoms with Crippen LogP contribution >= 0.6 is 27.4 Å².